The summed E-state index contributed by atoms with van der Waals surface area (Å²) in [5.74, 6) is 1.06. The van der Waals surface area contributed by atoms with Crippen LogP contribution in [0.2, 0.25) is 0 Å². The van der Waals surface area contributed by atoms with E-state index in [-0.39, 0.29) is 0 Å². The quantitative estimate of drug-likeness (QED) is 0.635. The van der Waals surface area contributed by atoms with Gasteiger partial charge in [0.1, 0.15) is 5.82 Å². The molecule has 0 bridgehead atoms. The molecule has 0 saturated heterocycles. The van der Waals surface area contributed by atoms with E-state index in [0.717, 1.165) is 25.5 Å². The zero-order chi connectivity index (χ0) is 13.7. The van der Waals surface area contributed by atoms with Crippen LogP contribution in [-0.4, -0.2) is 16.1 Å². The van der Waals surface area contributed by atoms with Gasteiger partial charge in [-0.15, -0.1) is 6.58 Å². The molecule has 2 aromatic rings. The molecule has 0 aliphatic carbocycles. The van der Waals surface area contributed by atoms with Gasteiger partial charge in [-0.3, -0.25) is 0 Å². The first-order valence-corrected chi connectivity index (χ1v) is 6.58. The van der Waals surface area contributed by atoms with Crippen molar-refractivity contribution in [1.82, 2.24) is 14.9 Å². The van der Waals surface area contributed by atoms with E-state index in [2.05, 4.69) is 53.5 Å². The first kappa shape index (κ1) is 13.6. The third-order valence-electron chi connectivity index (χ3n) is 3.22. The minimum absolute atomic E-state index is 0.768. The Bertz CT molecular complexity index is 555. The van der Waals surface area contributed by atoms with E-state index in [1.54, 1.807) is 0 Å². The number of rotatable bonds is 6. The highest BCUT2D eigenvalue weighted by Crippen LogP contribution is 2.13. The molecule has 19 heavy (non-hydrogen) atoms. The summed E-state index contributed by atoms with van der Waals surface area (Å²) in [6.45, 7) is 10.4. The Hall–Kier alpha value is -1.87. The lowest BCUT2D eigenvalue weighted by molar-refractivity contribution is 0.652. The van der Waals surface area contributed by atoms with Gasteiger partial charge in [0.2, 0.25) is 0 Å². The highest BCUT2D eigenvalue weighted by atomic mass is 15.1. The van der Waals surface area contributed by atoms with Crippen molar-refractivity contribution >= 4 is 0 Å². The Balaban J connectivity index is 2.12. The SMILES string of the molecule is C=CCNCc1nccn1Cc1cc(C)ccc1C. The average molecular weight is 255 g/mol. The number of aryl methyl sites for hydroxylation is 2. The van der Waals surface area contributed by atoms with Crippen molar-refractivity contribution in [3.63, 3.8) is 0 Å². The summed E-state index contributed by atoms with van der Waals surface area (Å²) in [4.78, 5) is 4.40. The summed E-state index contributed by atoms with van der Waals surface area (Å²) in [5, 5.41) is 3.29. The summed E-state index contributed by atoms with van der Waals surface area (Å²) < 4.78 is 2.19. The van der Waals surface area contributed by atoms with Gasteiger partial charge in [-0.05, 0) is 25.0 Å². The summed E-state index contributed by atoms with van der Waals surface area (Å²) >= 11 is 0. The van der Waals surface area contributed by atoms with Gasteiger partial charge >= 0.3 is 0 Å². The van der Waals surface area contributed by atoms with Crippen molar-refractivity contribution in [2.24, 2.45) is 0 Å². The number of aromatic nitrogens is 2. The van der Waals surface area contributed by atoms with Crippen molar-refractivity contribution in [2.45, 2.75) is 26.9 Å². The molecule has 0 aliphatic rings. The van der Waals surface area contributed by atoms with Crippen molar-refractivity contribution in [3.8, 4) is 0 Å². The van der Waals surface area contributed by atoms with Gasteiger partial charge < -0.3 is 9.88 Å². The number of imidazole rings is 1. The fourth-order valence-corrected chi connectivity index (χ4v) is 2.09. The highest BCUT2D eigenvalue weighted by molar-refractivity contribution is 5.30. The minimum Gasteiger partial charge on any atom is -0.329 e. The summed E-state index contributed by atoms with van der Waals surface area (Å²) in [6.07, 6.45) is 5.75. The lowest BCUT2D eigenvalue weighted by Crippen LogP contribution is -2.17. The molecule has 0 radical (unpaired) electrons. The Morgan fingerprint density at radius 1 is 1.37 bits per heavy atom. The molecule has 0 aliphatic heterocycles. The molecule has 0 atom stereocenters. The normalized spacial score (nSPS) is 10.6. The molecule has 100 valence electrons. The maximum atomic E-state index is 4.40. The smallest absolute Gasteiger partial charge is 0.122 e. The van der Waals surface area contributed by atoms with E-state index in [0.29, 0.717) is 0 Å². The molecule has 2 rings (SSSR count). The van der Waals surface area contributed by atoms with E-state index in [4.69, 9.17) is 0 Å². The van der Waals surface area contributed by atoms with E-state index in [1.807, 2.05) is 18.5 Å². The Labute approximate surface area is 115 Å². The molecule has 0 saturated carbocycles. The van der Waals surface area contributed by atoms with Crippen LogP contribution in [0.1, 0.15) is 22.5 Å². The third kappa shape index (κ3) is 3.55. The van der Waals surface area contributed by atoms with E-state index >= 15 is 0 Å². The van der Waals surface area contributed by atoms with E-state index < -0.39 is 0 Å². The van der Waals surface area contributed by atoms with Gasteiger partial charge in [0, 0.05) is 25.5 Å². The van der Waals surface area contributed by atoms with Crippen LogP contribution < -0.4 is 5.32 Å². The van der Waals surface area contributed by atoms with Crippen molar-refractivity contribution in [2.75, 3.05) is 6.54 Å². The molecule has 3 nitrogen and oxygen atoms in total. The second-order valence-corrected chi connectivity index (χ2v) is 4.82. The standard InChI is InChI=1S/C16H21N3/c1-4-7-17-11-16-18-8-9-19(16)12-15-10-13(2)5-6-14(15)3/h4-6,8-10,17H,1,7,11-12H2,2-3H3. The first-order valence-electron chi connectivity index (χ1n) is 6.58. The van der Waals surface area contributed by atoms with Gasteiger partial charge in [-0.1, -0.05) is 29.8 Å². The van der Waals surface area contributed by atoms with Gasteiger partial charge in [-0.2, -0.15) is 0 Å². The molecule has 1 aromatic carbocycles. The van der Waals surface area contributed by atoms with Crippen LogP contribution in [0.5, 0.6) is 0 Å². The number of nitrogens with one attached hydrogen (secondary N) is 1. The predicted molar refractivity (Wildman–Crippen MR) is 79.1 cm³/mol. The number of hydrogen-bond acceptors (Lipinski definition) is 2. The fourth-order valence-electron chi connectivity index (χ4n) is 2.09. The lowest BCUT2D eigenvalue weighted by atomic mass is 10.1. The number of benzene rings is 1. The molecule has 0 fully saturated rings. The molecule has 1 N–H and O–H groups in total. The molecule has 0 amide bonds. The largest absolute Gasteiger partial charge is 0.329 e. The minimum atomic E-state index is 0.768. The zero-order valence-electron chi connectivity index (χ0n) is 11.7. The molecule has 0 unspecified atom stereocenters. The first-order chi connectivity index (χ1) is 9.20. The summed E-state index contributed by atoms with van der Waals surface area (Å²) in [6, 6.07) is 6.58. The molecule has 1 heterocycles. The predicted octanol–water partition coefficient (Wildman–Crippen LogP) is 2.82. The second-order valence-electron chi connectivity index (χ2n) is 4.82. The third-order valence-corrected chi connectivity index (χ3v) is 3.22. The number of nitrogens with zero attached hydrogens (tertiary/aromatic N) is 2. The van der Waals surface area contributed by atoms with Crippen LogP contribution in [0.25, 0.3) is 0 Å². The topological polar surface area (TPSA) is 29.9 Å². The maximum Gasteiger partial charge on any atom is 0.122 e. The molecule has 3 heteroatoms. The van der Waals surface area contributed by atoms with Gasteiger partial charge in [-0.25, -0.2) is 4.98 Å². The maximum absolute atomic E-state index is 4.40. The van der Waals surface area contributed by atoms with Crippen LogP contribution in [0.15, 0.2) is 43.2 Å². The Morgan fingerprint density at radius 3 is 3.00 bits per heavy atom. The fraction of sp³-hybridized carbons (Fsp3) is 0.312. The van der Waals surface area contributed by atoms with Crippen molar-refractivity contribution in [1.29, 1.82) is 0 Å². The van der Waals surface area contributed by atoms with Crippen LogP contribution in [0, 0.1) is 13.8 Å². The van der Waals surface area contributed by atoms with Gasteiger partial charge in [0.15, 0.2) is 0 Å². The summed E-state index contributed by atoms with van der Waals surface area (Å²) in [7, 11) is 0. The van der Waals surface area contributed by atoms with E-state index in [9.17, 15) is 0 Å². The van der Waals surface area contributed by atoms with Gasteiger partial charge in [0.05, 0.1) is 6.54 Å². The molecule has 1 aromatic heterocycles. The summed E-state index contributed by atoms with van der Waals surface area (Å²) in [5.41, 5.74) is 3.97. The van der Waals surface area contributed by atoms with Crippen molar-refractivity contribution in [3.05, 3.63) is 65.8 Å². The lowest BCUT2D eigenvalue weighted by Gasteiger charge is -2.11. The van der Waals surface area contributed by atoms with Crippen LogP contribution in [-0.2, 0) is 13.1 Å². The van der Waals surface area contributed by atoms with Gasteiger partial charge in [0.25, 0.3) is 0 Å². The number of hydrogen-bond donors (Lipinski definition) is 1. The average Bonchev–Trinajstić information content (AvgIpc) is 2.82. The van der Waals surface area contributed by atoms with Crippen LogP contribution >= 0.6 is 0 Å². The zero-order valence-corrected chi connectivity index (χ0v) is 11.7. The highest BCUT2D eigenvalue weighted by Gasteiger charge is 2.05. The second kappa shape index (κ2) is 6.34. The van der Waals surface area contributed by atoms with Crippen molar-refractivity contribution < 1.29 is 0 Å². The van der Waals surface area contributed by atoms with Crippen LogP contribution in [0.3, 0.4) is 0 Å². The van der Waals surface area contributed by atoms with Crippen LogP contribution in [0.4, 0.5) is 0 Å². The Morgan fingerprint density at radius 2 is 2.21 bits per heavy atom. The Kier molecular flexibility index (Phi) is 4.53. The molecular formula is C16H21N3. The molecular weight excluding hydrogens is 234 g/mol. The van der Waals surface area contributed by atoms with E-state index in [1.165, 1.54) is 16.7 Å². The monoisotopic (exact) mass is 255 g/mol. The molecule has 0 spiro atoms.